The number of alkyl halides is 3. The molecular weight excluding hydrogens is 537 g/mol. The second-order valence-corrected chi connectivity index (χ2v) is 12.1. The van der Waals surface area contributed by atoms with E-state index < -0.39 is 12.3 Å². The van der Waals surface area contributed by atoms with Gasteiger partial charge in [-0.15, -0.1) is 13.2 Å². The summed E-state index contributed by atoms with van der Waals surface area (Å²) in [5.41, 5.74) is 2.80. The molecule has 1 aromatic heterocycles. The SMILES string of the molecule is O=C(O)c1cccc(N2C3CCC2CC2(CC(OCc4c(-c5ccccc5OC(F)(F)F)noc4C4CC4)C2)C3)c1. The van der Waals surface area contributed by atoms with Gasteiger partial charge < -0.3 is 24.0 Å². The standard InChI is InChI=1S/C31H31F3N2O5/c32-31(33,34)40-26-7-2-1-6-24(26)27-25(28(41-35-27)18-8-9-18)17-39-23-15-30(16-23)13-21-10-11-22(14-30)36(21)20-5-3-4-19(12-20)29(37)38/h1-7,12,18,21-23H,8-11,13-17H2,(H,37,38). The Morgan fingerprint density at radius 2 is 1.76 bits per heavy atom. The maximum absolute atomic E-state index is 13.1. The molecule has 0 amide bonds. The van der Waals surface area contributed by atoms with Gasteiger partial charge in [0, 0.05) is 34.8 Å². The van der Waals surface area contributed by atoms with Gasteiger partial charge >= 0.3 is 12.3 Å². The fraction of sp³-hybridized carbons (Fsp3) is 0.484. The number of para-hydroxylation sites is 1. The molecule has 10 heteroatoms. The van der Waals surface area contributed by atoms with Crippen LogP contribution in [0.4, 0.5) is 18.9 Å². The van der Waals surface area contributed by atoms with Crippen molar-refractivity contribution in [1.82, 2.24) is 5.16 Å². The molecule has 216 valence electrons. The summed E-state index contributed by atoms with van der Waals surface area (Å²) in [4.78, 5) is 13.9. The number of hydrogen-bond donors (Lipinski definition) is 1. The Labute approximate surface area is 235 Å². The Bertz CT molecular complexity index is 1440. The first kappa shape index (κ1) is 26.4. The Morgan fingerprint density at radius 1 is 1.02 bits per heavy atom. The minimum atomic E-state index is -4.82. The van der Waals surface area contributed by atoms with Crippen LogP contribution in [0.5, 0.6) is 5.75 Å². The van der Waals surface area contributed by atoms with E-state index in [0.717, 1.165) is 57.1 Å². The molecule has 2 aliphatic carbocycles. The number of anilines is 1. The number of ether oxygens (including phenoxy) is 2. The number of carboxylic acid groups (broad SMARTS) is 1. The van der Waals surface area contributed by atoms with E-state index in [1.807, 2.05) is 12.1 Å². The number of piperidine rings is 1. The minimum Gasteiger partial charge on any atom is -0.478 e. The number of aromatic nitrogens is 1. The lowest BCUT2D eigenvalue weighted by Gasteiger charge is -2.55. The summed E-state index contributed by atoms with van der Waals surface area (Å²) >= 11 is 0. The van der Waals surface area contributed by atoms with Crippen LogP contribution in [0.2, 0.25) is 0 Å². The van der Waals surface area contributed by atoms with E-state index in [2.05, 4.69) is 14.8 Å². The van der Waals surface area contributed by atoms with Crippen molar-refractivity contribution in [2.24, 2.45) is 5.41 Å². The summed E-state index contributed by atoms with van der Waals surface area (Å²) in [6.07, 6.45) is 3.35. The summed E-state index contributed by atoms with van der Waals surface area (Å²) in [5, 5.41) is 13.6. The molecule has 2 aromatic carbocycles. The highest BCUT2D eigenvalue weighted by atomic mass is 19.4. The molecule has 2 saturated heterocycles. The quantitative estimate of drug-likeness (QED) is 0.305. The Balaban J connectivity index is 1.04. The Morgan fingerprint density at radius 3 is 2.44 bits per heavy atom. The first-order chi connectivity index (χ1) is 19.7. The van der Waals surface area contributed by atoms with Crippen LogP contribution in [0.15, 0.2) is 53.1 Å². The van der Waals surface area contributed by atoms with Crippen molar-refractivity contribution in [2.45, 2.75) is 88.4 Å². The van der Waals surface area contributed by atoms with Crippen LogP contribution in [0.3, 0.4) is 0 Å². The maximum atomic E-state index is 13.1. The number of fused-ring (bicyclic) bond motifs is 2. The maximum Gasteiger partial charge on any atom is 0.573 e. The molecule has 4 fully saturated rings. The molecule has 1 spiro atoms. The third-order valence-electron chi connectivity index (χ3n) is 9.27. The molecule has 2 atom stereocenters. The van der Waals surface area contributed by atoms with Gasteiger partial charge in [0.05, 0.1) is 18.3 Å². The van der Waals surface area contributed by atoms with Crippen LogP contribution >= 0.6 is 0 Å². The van der Waals surface area contributed by atoms with Crippen LogP contribution in [-0.2, 0) is 11.3 Å². The number of halogens is 3. The van der Waals surface area contributed by atoms with Gasteiger partial charge in [-0.25, -0.2) is 4.79 Å². The van der Waals surface area contributed by atoms with Gasteiger partial charge in [-0.1, -0.05) is 23.4 Å². The summed E-state index contributed by atoms with van der Waals surface area (Å²) < 4.78 is 55.5. The van der Waals surface area contributed by atoms with E-state index >= 15 is 0 Å². The van der Waals surface area contributed by atoms with Crippen molar-refractivity contribution in [2.75, 3.05) is 4.90 Å². The third-order valence-corrected chi connectivity index (χ3v) is 9.27. The van der Waals surface area contributed by atoms with Gasteiger partial charge in [-0.05, 0) is 87.1 Å². The highest BCUT2D eigenvalue weighted by molar-refractivity contribution is 5.89. The van der Waals surface area contributed by atoms with E-state index in [9.17, 15) is 23.1 Å². The fourth-order valence-corrected chi connectivity index (χ4v) is 7.44. The molecule has 7 nitrogen and oxygen atoms in total. The predicted octanol–water partition coefficient (Wildman–Crippen LogP) is 7.31. The minimum absolute atomic E-state index is 0.0627. The second-order valence-electron chi connectivity index (χ2n) is 12.1. The fourth-order valence-electron chi connectivity index (χ4n) is 7.44. The van der Waals surface area contributed by atoms with Crippen LogP contribution in [0.25, 0.3) is 11.3 Å². The average Bonchev–Trinajstić information content (AvgIpc) is 3.61. The zero-order chi connectivity index (χ0) is 28.4. The molecule has 2 unspecified atom stereocenters. The van der Waals surface area contributed by atoms with E-state index in [1.165, 1.54) is 12.1 Å². The van der Waals surface area contributed by atoms with E-state index in [0.29, 0.717) is 34.7 Å². The van der Waals surface area contributed by atoms with Gasteiger partial charge in [0.1, 0.15) is 17.2 Å². The lowest BCUT2D eigenvalue weighted by molar-refractivity contribution is -0.274. The van der Waals surface area contributed by atoms with Gasteiger partial charge in [-0.2, -0.15) is 0 Å². The molecular formula is C31H31F3N2O5. The zero-order valence-corrected chi connectivity index (χ0v) is 22.4. The number of rotatable bonds is 8. The van der Waals surface area contributed by atoms with E-state index in [1.54, 1.807) is 24.3 Å². The van der Waals surface area contributed by atoms with Crippen LogP contribution in [-0.4, -0.2) is 40.8 Å². The number of carboxylic acids is 1. The van der Waals surface area contributed by atoms with Crippen LogP contribution < -0.4 is 9.64 Å². The van der Waals surface area contributed by atoms with Crippen LogP contribution in [0, 0.1) is 5.41 Å². The van der Waals surface area contributed by atoms with E-state index in [4.69, 9.17) is 9.26 Å². The third kappa shape index (κ3) is 5.07. The number of nitrogens with zero attached hydrogens (tertiary/aromatic N) is 2. The highest BCUT2D eigenvalue weighted by Crippen LogP contribution is 2.58. The Kier molecular flexibility index (Phi) is 6.30. The normalized spacial score (nSPS) is 27.2. The van der Waals surface area contributed by atoms with Crippen LogP contribution in [0.1, 0.15) is 79.0 Å². The summed E-state index contributed by atoms with van der Waals surface area (Å²) in [6, 6.07) is 14.0. The van der Waals surface area contributed by atoms with Crippen molar-refractivity contribution in [1.29, 1.82) is 0 Å². The Hall–Kier alpha value is -3.53. The van der Waals surface area contributed by atoms with Gasteiger partial charge in [0.25, 0.3) is 0 Å². The largest absolute Gasteiger partial charge is 0.573 e. The van der Waals surface area contributed by atoms with Crippen molar-refractivity contribution < 1.29 is 37.1 Å². The summed E-state index contributed by atoms with van der Waals surface area (Å²) in [5.74, 6) is -0.303. The molecule has 0 radical (unpaired) electrons. The first-order valence-electron chi connectivity index (χ1n) is 14.2. The molecule has 1 N–H and O–H groups in total. The molecule has 4 aliphatic rings. The molecule has 41 heavy (non-hydrogen) atoms. The summed E-state index contributed by atoms with van der Waals surface area (Å²) in [6.45, 7) is 0.229. The van der Waals surface area contributed by atoms with Crippen molar-refractivity contribution in [3.05, 3.63) is 65.4 Å². The second kappa shape index (κ2) is 9.79. The smallest absolute Gasteiger partial charge is 0.478 e. The number of hydrogen-bond acceptors (Lipinski definition) is 6. The van der Waals surface area contributed by atoms with Gasteiger partial charge in [-0.3, -0.25) is 0 Å². The van der Waals surface area contributed by atoms with Gasteiger partial charge in [0.2, 0.25) is 0 Å². The molecule has 2 bridgehead atoms. The number of carbonyl (C=O) groups is 1. The van der Waals surface area contributed by atoms with Crippen molar-refractivity contribution in [3.8, 4) is 17.0 Å². The summed E-state index contributed by atoms with van der Waals surface area (Å²) in [7, 11) is 0. The number of benzene rings is 2. The predicted molar refractivity (Wildman–Crippen MR) is 143 cm³/mol. The van der Waals surface area contributed by atoms with E-state index in [-0.39, 0.29) is 35.4 Å². The zero-order valence-electron chi connectivity index (χ0n) is 22.4. The first-order valence-corrected chi connectivity index (χ1v) is 14.2. The lowest BCUT2D eigenvalue weighted by atomic mass is 9.59. The van der Waals surface area contributed by atoms with Crippen molar-refractivity contribution >= 4 is 11.7 Å². The lowest BCUT2D eigenvalue weighted by Crippen LogP contribution is -2.54. The monoisotopic (exact) mass is 568 g/mol. The topological polar surface area (TPSA) is 85.0 Å². The van der Waals surface area contributed by atoms with Gasteiger partial charge in [0.15, 0.2) is 0 Å². The molecule has 2 saturated carbocycles. The molecule has 2 aliphatic heterocycles. The molecule has 7 rings (SSSR count). The van der Waals surface area contributed by atoms with Crippen molar-refractivity contribution in [3.63, 3.8) is 0 Å². The highest BCUT2D eigenvalue weighted by Gasteiger charge is 2.54. The average molecular weight is 569 g/mol. The molecule has 3 aromatic rings. The molecule has 3 heterocycles. The number of aromatic carboxylic acids is 1.